The summed E-state index contributed by atoms with van der Waals surface area (Å²) in [6.07, 6.45) is 0.558. The molecule has 6 nitrogen and oxygen atoms in total. The molecule has 2 amide bonds. The van der Waals surface area contributed by atoms with Gasteiger partial charge in [-0.15, -0.1) is 0 Å². The third-order valence-corrected chi connectivity index (χ3v) is 4.90. The molecule has 0 bridgehead atoms. The van der Waals surface area contributed by atoms with Gasteiger partial charge in [0.1, 0.15) is 11.4 Å². The maximum Gasteiger partial charge on any atom is 0.278 e. The number of carbonyl (C=O) groups is 2. The first-order valence-electron chi connectivity index (χ1n) is 9.23. The fourth-order valence-corrected chi connectivity index (χ4v) is 3.33. The Morgan fingerprint density at radius 3 is 2.41 bits per heavy atom. The number of halogens is 1. The van der Waals surface area contributed by atoms with Crippen molar-refractivity contribution in [3.8, 4) is 5.75 Å². The highest BCUT2D eigenvalue weighted by molar-refractivity contribution is 6.37. The number of nitrogens with zero attached hydrogens (tertiary/aromatic N) is 1. The van der Waals surface area contributed by atoms with Crippen LogP contribution in [-0.4, -0.2) is 44.1 Å². The average Bonchev–Trinajstić information content (AvgIpc) is 2.93. The Bertz CT molecular complexity index is 954. The molecule has 1 N–H and O–H groups in total. The van der Waals surface area contributed by atoms with Crippen molar-refractivity contribution in [3.63, 3.8) is 0 Å². The Labute approximate surface area is 175 Å². The average molecular weight is 415 g/mol. The molecular formula is C22H23ClN2O4. The number of ether oxygens (including phenoxy) is 2. The smallest absolute Gasteiger partial charge is 0.278 e. The number of hydrogen-bond acceptors (Lipinski definition) is 5. The molecule has 3 rings (SSSR count). The fourth-order valence-electron chi connectivity index (χ4n) is 3.20. The van der Waals surface area contributed by atoms with E-state index in [1.54, 1.807) is 38.5 Å². The summed E-state index contributed by atoms with van der Waals surface area (Å²) in [6, 6.07) is 12.5. The zero-order valence-corrected chi connectivity index (χ0v) is 17.4. The summed E-state index contributed by atoms with van der Waals surface area (Å²) in [5, 5.41) is 3.70. The predicted octanol–water partition coefficient (Wildman–Crippen LogP) is 3.89. The second-order valence-corrected chi connectivity index (χ2v) is 7.13. The van der Waals surface area contributed by atoms with Crippen LogP contribution in [0.3, 0.4) is 0 Å². The lowest BCUT2D eigenvalue weighted by Gasteiger charge is -2.15. The number of benzene rings is 2. The van der Waals surface area contributed by atoms with Crippen LogP contribution in [0.4, 0.5) is 5.69 Å². The third-order valence-electron chi connectivity index (χ3n) is 4.65. The van der Waals surface area contributed by atoms with E-state index < -0.39 is 0 Å². The summed E-state index contributed by atoms with van der Waals surface area (Å²) >= 11 is 6.00. The number of rotatable bonds is 8. The van der Waals surface area contributed by atoms with Gasteiger partial charge in [0.2, 0.25) is 0 Å². The second kappa shape index (κ2) is 9.11. The van der Waals surface area contributed by atoms with Gasteiger partial charge in [-0.25, -0.2) is 0 Å². The number of methoxy groups -OCH3 is 2. The van der Waals surface area contributed by atoms with Crippen LogP contribution in [0, 0.1) is 6.92 Å². The van der Waals surface area contributed by atoms with E-state index in [2.05, 4.69) is 5.32 Å². The van der Waals surface area contributed by atoms with Crippen LogP contribution in [0.1, 0.15) is 17.5 Å². The van der Waals surface area contributed by atoms with Crippen molar-refractivity contribution >= 4 is 34.7 Å². The zero-order chi connectivity index (χ0) is 21.0. The van der Waals surface area contributed by atoms with Gasteiger partial charge in [-0.2, -0.15) is 0 Å². The van der Waals surface area contributed by atoms with Crippen molar-refractivity contribution < 1.29 is 19.1 Å². The number of anilines is 1. The minimum atomic E-state index is -0.375. The normalized spacial score (nSPS) is 14.0. The SMILES string of the molecule is COCCCN1C(=O)C(Nc2cc(C)ccc2OC)=C(c2ccc(Cl)cc2)C1=O. The Morgan fingerprint density at radius 1 is 1.03 bits per heavy atom. The molecule has 0 saturated carbocycles. The van der Waals surface area contributed by atoms with Crippen molar-refractivity contribution in [2.24, 2.45) is 0 Å². The van der Waals surface area contributed by atoms with E-state index in [-0.39, 0.29) is 24.1 Å². The van der Waals surface area contributed by atoms with E-state index in [1.807, 2.05) is 25.1 Å². The van der Waals surface area contributed by atoms with Crippen molar-refractivity contribution in [1.29, 1.82) is 0 Å². The van der Waals surface area contributed by atoms with E-state index in [9.17, 15) is 9.59 Å². The quantitative estimate of drug-likeness (QED) is 0.524. The lowest BCUT2D eigenvalue weighted by molar-refractivity contribution is -0.136. The molecule has 0 fully saturated rings. The minimum absolute atomic E-state index is 0.221. The molecule has 0 aromatic heterocycles. The van der Waals surface area contributed by atoms with Gasteiger partial charge in [0.05, 0.1) is 18.4 Å². The molecule has 29 heavy (non-hydrogen) atoms. The van der Waals surface area contributed by atoms with Crippen LogP contribution in [0.15, 0.2) is 48.2 Å². The van der Waals surface area contributed by atoms with Crippen LogP contribution in [-0.2, 0) is 14.3 Å². The number of hydrogen-bond donors (Lipinski definition) is 1. The number of aryl methyl sites for hydroxylation is 1. The number of imide groups is 1. The van der Waals surface area contributed by atoms with Gasteiger partial charge < -0.3 is 14.8 Å². The molecule has 1 aliphatic rings. The maximum atomic E-state index is 13.1. The minimum Gasteiger partial charge on any atom is -0.495 e. The van der Waals surface area contributed by atoms with Gasteiger partial charge in [0.15, 0.2) is 0 Å². The van der Waals surface area contributed by atoms with Crippen LogP contribution in [0.2, 0.25) is 5.02 Å². The van der Waals surface area contributed by atoms with Gasteiger partial charge in [-0.1, -0.05) is 29.8 Å². The van der Waals surface area contributed by atoms with E-state index in [4.69, 9.17) is 21.1 Å². The molecule has 2 aromatic carbocycles. The fraction of sp³-hybridized carbons (Fsp3) is 0.273. The van der Waals surface area contributed by atoms with Crippen molar-refractivity contribution in [3.05, 3.63) is 64.3 Å². The summed E-state index contributed by atoms with van der Waals surface area (Å²) < 4.78 is 10.5. The summed E-state index contributed by atoms with van der Waals surface area (Å²) in [5.74, 6) is -0.140. The van der Waals surface area contributed by atoms with Gasteiger partial charge in [0.25, 0.3) is 11.8 Å². The first kappa shape index (κ1) is 20.9. The lowest BCUT2D eigenvalue weighted by atomic mass is 10.0. The van der Waals surface area contributed by atoms with Crippen LogP contribution in [0.25, 0.3) is 5.57 Å². The Kier molecular flexibility index (Phi) is 6.56. The molecule has 1 heterocycles. The lowest BCUT2D eigenvalue weighted by Crippen LogP contribution is -2.33. The molecular weight excluding hydrogens is 392 g/mol. The van der Waals surface area contributed by atoms with Crippen LogP contribution in [0.5, 0.6) is 5.75 Å². The molecule has 1 aliphatic heterocycles. The highest BCUT2D eigenvalue weighted by atomic mass is 35.5. The van der Waals surface area contributed by atoms with Crippen molar-refractivity contribution in [2.45, 2.75) is 13.3 Å². The molecule has 0 spiro atoms. The third kappa shape index (κ3) is 4.44. The van der Waals surface area contributed by atoms with Gasteiger partial charge >= 0.3 is 0 Å². The standard InChI is InChI=1S/C22H23ClN2O4/c1-14-5-10-18(29-3)17(13-14)24-20-19(15-6-8-16(23)9-7-15)21(26)25(22(20)27)11-4-12-28-2/h5-10,13,24H,4,11-12H2,1-3H3. The number of nitrogens with one attached hydrogen (secondary N) is 1. The van der Waals surface area contributed by atoms with Crippen LogP contribution < -0.4 is 10.1 Å². The first-order valence-corrected chi connectivity index (χ1v) is 9.61. The molecule has 0 radical (unpaired) electrons. The Morgan fingerprint density at radius 2 is 1.76 bits per heavy atom. The highest BCUT2D eigenvalue weighted by Gasteiger charge is 2.39. The van der Waals surface area contributed by atoms with Gasteiger partial charge in [-0.05, 0) is 48.7 Å². The molecule has 0 unspecified atom stereocenters. The topological polar surface area (TPSA) is 67.9 Å². The van der Waals surface area contributed by atoms with E-state index >= 15 is 0 Å². The van der Waals surface area contributed by atoms with E-state index in [1.165, 1.54) is 4.90 Å². The summed E-state index contributed by atoms with van der Waals surface area (Å²) in [4.78, 5) is 27.5. The van der Waals surface area contributed by atoms with E-state index in [0.29, 0.717) is 40.6 Å². The number of carbonyl (C=O) groups excluding carboxylic acids is 2. The monoisotopic (exact) mass is 414 g/mol. The molecule has 0 atom stereocenters. The van der Waals surface area contributed by atoms with E-state index in [0.717, 1.165) is 5.56 Å². The Balaban J connectivity index is 2.04. The second-order valence-electron chi connectivity index (χ2n) is 6.69. The van der Waals surface area contributed by atoms with Crippen LogP contribution >= 0.6 is 11.6 Å². The highest BCUT2D eigenvalue weighted by Crippen LogP contribution is 2.34. The summed E-state index contributed by atoms with van der Waals surface area (Å²) in [6.45, 7) is 2.68. The predicted molar refractivity (Wildman–Crippen MR) is 113 cm³/mol. The zero-order valence-electron chi connectivity index (χ0n) is 16.6. The Hall–Kier alpha value is -2.83. The summed E-state index contributed by atoms with van der Waals surface area (Å²) in [5.41, 5.74) is 2.77. The molecule has 2 aromatic rings. The summed E-state index contributed by atoms with van der Waals surface area (Å²) in [7, 11) is 3.14. The first-order chi connectivity index (χ1) is 14.0. The molecule has 0 aliphatic carbocycles. The largest absolute Gasteiger partial charge is 0.495 e. The maximum absolute atomic E-state index is 13.1. The number of amides is 2. The molecule has 0 saturated heterocycles. The molecule has 7 heteroatoms. The van der Waals surface area contributed by atoms with Gasteiger partial charge in [-0.3, -0.25) is 14.5 Å². The van der Waals surface area contributed by atoms with Crippen molar-refractivity contribution in [1.82, 2.24) is 4.90 Å². The van der Waals surface area contributed by atoms with Crippen molar-refractivity contribution in [2.75, 3.05) is 32.7 Å². The van der Waals surface area contributed by atoms with Gasteiger partial charge in [0, 0.05) is 25.3 Å². The molecule has 152 valence electrons.